The number of aliphatic hydroxyl groups excluding tert-OH is 1. The second kappa shape index (κ2) is 6.17. The van der Waals surface area contributed by atoms with E-state index >= 15 is 0 Å². The molecule has 1 aliphatic rings. The summed E-state index contributed by atoms with van der Waals surface area (Å²) in [5.41, 5.74) is 0. The molecule has 0 fully saturated rings. The van der Waals surface area contributed by atoms with E-state index in [0.717, 1.165) is 32.7 Å². The van der Waals surface area contributed by atoms with Gasteiger partial charge in [-0.05, 0) is 6.42 Å². The highest BCUT2D eigenvalue weighted by atomic mass is 16.5. The molecule has 0 radical (unpaired) electrons. The van der Waals surface area contributed by atoms with Crippen LogP contribution in [0, 0.1) is 0 Å². The van der Waals surface area contributed by atoms with Crippen molar-refractivity contribution in [1.29, 1.82) is 0 Å². The van der Waals surface area contributed by atoms with Gasteiger partial charge in [0.25, 0.3) is 0 Å². The number of nitrogens with zero attached hydrogens (tertiary/aromatic N) is 1. The van der Waals surface area contributed by atoms with Crippen LogP contribution >= 0.6 is 0 Å². The smallest absolute Gasteiger partial charge is 0.0697 e. The van der Waals surface area contributed by atoms with Crippen LogP contribution in [0.1, 0.15) is 6.42 Å². The predicted molar refractivity (Wildman–Crippen MR) is 48.1 cm³/mol. The van der Waals surface area contributed by atoms with Crippen LogP contribution in [-0.4, -0.2) is 49.5 Å². The largest absolute Gasteiger partial charge is 0.394 e. The average Bonchev–Trinajstić information content (AvgIpc) is 2.57. The van der Waals surface area contributed by atoms with Crippen molar-refractivity contribution in [2.75, 3.05) is 39.5 Å². The Labute approximate surface area is 73.6 Å². The zero-order valence-corrected chi connectivity index (χ0v) is 7.41. The Morgan fingerprint density at radius 1 is 1.25 bits per heavy atom. The van der Waals surface area contributed by atoms with Gasteiger partial charge in [0.1, 0.15) is 0 Å². The summed E-state index contributed by atoms with van der Waals surface area (Å²) in [6.45, 7) is 4.62. The molecular weight excluding hydrogens is 154 g/mol. The summed E-state index contributed by atoms with van der Waals surface area (Å²) in [4.78, 5) is 2.36. The summed E-state index contributed by atoms with van der Waals surface area (Å²) >= 11 is 0. The Hall–Kier alpha value is -0.380. The maximum absolute atomic E-state index is 8.43. The van der Waals surface area contributed by atoms with E-state index in [9.17, 15) is 0 Å². The Bertz CT molecular complexity index is 128. The first-order valence-corrected chi connectivity index (χ1v) is 4.49. The van der Waals surface area contributed by atoms with Crippen LogP contribution in [0.4, 0.5) is 0 Å². The van der Waals surface area contributed by atoms with Gasteiger partial charge in [-0.3, -0.25) is 4.90 Å². The lowest BCUT2D eigenvalue weighted by atomic mass is 10.4. The van der Waals surface area contributed by atoms with Crippen LogP contribution in [-0.2, 0) is 4.74 Å². The van der Waals surface area contributed by atoms with Gasteiger partial charge in [0.15, 0.2) is 0 Å². The van der Waals surface area contributed by atoms with Crippen LogP contribution in [0.15, 0.2) is 12.2 Å². The number of ether oxygens (including phenoxy) is 1. The van der Waals surface area contributed by atoms with Crippen LogP contribution in [0.5, 0.6) is 0 Å². The third kappa shape index (κ3) is 3.85. The molecule has 0 aromatic heterocycles. The van der Waals surface area contributed by atoms with Crippen LogP contribution in [0.2, 0.25) is 0 Å². The second-order valence-electron chi connectivity index (χ2n) is 2.92. The SMILES string of the molecule is OCCOCCCN1CC=CC1. The van der Waals surface area contributed by atoms with Gasteiger partial charge in [0, 0.05) is 26.2 Å². The fraction of sp³-hybridized carbons (Fsp3) is 0.778. The van der Waals surface area contributed by atoms with E-state index in [1.54, 1.807) is 0 Å². The highest BCUT2D eigenvalue weighted by Gasteiger charge is 2.04. The topological polar surface area (TPSA) is 32.7 Å². The lowest BCUT2D eigenvalue weighted by Crippen LogP contribution is -2.22. The molecule has 0 bridgehead atoms. The quantitative estimate of drug-likeness (QED) is 0.459. The summed E-state index contributed by atoms with van der Waals surface area (Å²) in [5.74, 6) is 0. The Morgan fingerprint density at radius 2 is 2.00 bits per heavy atom. The third-order valence-electron chi connectivity index (χ3n) is 1.89. The molecule has 0 aliphatic carbocycles. The fourth-order valence-electron chi connectivity index (χ4n) is 1.26. The van der Waals surface area contributed by atoms with Crippen molar-refractivity contribution in [3.8, 4) is 0 Å². The number of hydrogen-bond donors (Lipinski definition) is 1. The number of aliphatic hydroxyl groups is 1. The second-order valence-corrected chi connectivity index (χ2v) is 2.92. The van der Waals surface area contributed by atoms with Gasteiger partial charge in [0.2, 0.25) is 0 Å². The summed E-state index contributed by atoms with van der Waals surface area (Å²) < 4.78 is 5.15. The van der Waals surface area contributed by atoms with E-state index in [2.05, 4.69) is 17.1 Å². The Morgan fingerprint density at radius 3 is 2.67 bits per heavy atom. The van der Waals surface area contributed by atoms with Crippen molar-refractivity contribution >= 4 is 0 Å². The average molecular weight is 171 g/mol. The van der Waals surface area contributed by atoms with Crippen LogP contribution in [0.3, 0.4) is 0 Å². The maximum atomic E-state index is 8.43. The zero-order valence-electron chi connectivity index (χ0n) is 7.41. The summed E-state index contributed by atoms with van der Waals surface area (Å²) in [7, 11) is 0. The van der Waals surface area contributed by atoms with Gasteiger partial charge in [-0.2, -0.15) is 0 Å². The van der Waals surface area contributed by atoms with Crippen molar-refractivity contribution in [2.24, 2.45) is 0 Å². The van der Waals surface area contributed by atoms with Gasteiger partial charge in [-0.15, -0.1) is 0 Å². The van der Waals surface area contributed by atoms with Crippen molar-refractivity contribution in [3.63, 3.8) is 0 Å². The minimum atomic E-state index is 0.130. The molecule has 3 nitrogen and oxygen atoms in total. The first kappa shape index (κ1) is 9.71. The summed E-state index contributed by atoms with van der Waals surface area (Å²) in [6, 6.07) is 0. The molecular formula is C9H17NO2. The summed E-state index contributed by atoms with van der Waals surface area (Å²) in [6.07, 6.45) is 5.44. The maximum Gasteiger partial charge on any atom is 0.0697 e. The molecule has 0 amide bonds. The highest BCUT2D eigenvalue weighted by Crippen LogP contribution is 1.99. The van der Waals surface area contributed by atoms with Gasteiger partial charge >= 0.3 is 0 Å². The standard InChI is InChI=1S/C9H17NO2/c11-7-9-12-8-3-6-10-4-1-2-5-10/h1-2,11H,3-9H2. The minimum absolute atomic E-state index is 0.130. The zero-order chi connectivity index (χ0) is 8.65. The van der Waals surface area contributed by atoms with Gasteiger partial charge < -0.3 is 9.84 Å². The molecule has 0 unspecified atom stereocenters. The lowest BCUT2D eigenvalue weighted by molar-refractivity contribution is 0.0863. The predicted octanol–water partition coefficient (Wildman–Crippen LogP) is 0.257. The van der Waals surface area contributed by atoms with Crippen LogP contribution < -0.4 is 0 Å². The van der Waals surface area contributed by atoms with Gasteiger partial charge in [-0.25, -0.2) is 0 Å². The molecule has 3 heteroatoms. The van der Waals surface area contributed by atoms with Crippen molar-refractivity contribution < 1.29 is 9.84 Å². The molecule has 1 rings (SSSR count). The van der Waals surface area contributed by atoms with E-state index in [4.69, 9.17) is 9.84 Å². The van der Waals surface area contributed by atoms with E-state index in [0.29, 0.717) is 6.61 Å². The molecule has 0 saturated carbocycles. The molecule has 0 aromatic rings. The first-order chi connectivity index (χ1) is 5.93. The number of rotatable bonds is 6. The molecule has 1 N–H and O–H groups in total. The lowest BCUT2D eigenvalue weighted by Gasteiger charge is -2.13. The minimum Gasteiger partial charge on any atom is -0.394 e. The third-order valence-corrected chi connectivity index (χ3v) is 1.89. The fourth-order valence-corrected chi connectivity index (χ4v) is 1.26. The van der Waals surface area contributed by atoms with E-state index in [-0.39, 0.29) is 6.61 Å². The Balaban J connectivity index is 1.82. The van der Waals surface area contributed by atoms with Crippen molar-refractivity contribution in [3.05, 3.63) is 12.2 Å². The molecule has 12 heavy (non-hydrogen) atoms. The number of hydrogen-bond acceptors (Lipinski definition) is 3. The van der Waals surface area contributed by atoms with E-state index in [1.165, 1.54) is 0 Å². The molecule has 1 aliphatic heterocycles. The molecule has 0 aromatic carbocycles. The molecule has 70 valence electrons. The summed E-state index contributed by atoms with van der Waals surface area (Å²) in [5, 5.41) is 8.43. The monoisotopic (exact) mass is 171 g/mol. The highest BCUT2D eigenvalue weighted by molar-refractivity contribution is 4.94. The Kier molecular flexibility index (Phi) is 4.99. The first-order valence-electron chi connectivity index (χ1n) is 4.49. The van der Waals surface area contributed by atoms with E-state index in [1.807, 2.05) is 0 Å². The van der Waals surface area contributed by atoms with Crippen molar-refractivity contribution in [1.82, 2.24) is 4.90 Å². The molecule has 1 heterocycles. The van der Waals surface area contributed by atoms with Gasteiger partial charge in [-0.1, -0.05) is 12.2 Å². The molecule has 0 atom stereocenters. The van der Waals surface area contributed by atoms with Crippen LogP contribution in [0.25, 0.3) is 0 Å². The van der Waals surface area contributed by atoms with Gasteiger partial charge in [0.05, 0.1) is 13.2 Å². The normalized spacial score (nSPS) is 17.4. The molecule has 0 saturated heterocycles. The van der Waals surface area contributed by atoms with Crippen molar-refractivity contribution in [2.45, 2.75) is 6.42 Å². The van der Waals surface area contributed by atoms with E-state index < -0.39 is 0 Å². The molecule has 0 spiro atoms.